The van der Waals surface area contributed by atoms with Crippen molar-refractivity contribution in [1.82, 2.24) is 0 Å². The fourth-order valence-corrected chi connectivity index (χ4v) is 0.687. The van der Waals surface area contributed by atoms with Crippen LogP contribution in [-0.4, -0.2) is 21.9 Å². The van der Waals surface area contributed by atoms with Gasteiger partial charge in [-0.2, -0.15) is 0 Å². The van der Waals surface area contributed by atoms with Gasteiger partial charge < -0.3 is 10.2 Å². The lowest BCUT2D eigenvalue weighted by Crippen LogP contribution is -2.14. The summed E-state index contributed by atoms with van der Waals surface area (Å²) in [6.07, 6.45) is 3.45. The Balaban J connectivity index is 3.83. The predicted molar refractivity (Wildman–Crippen MR) is 50.9 cm³/mol. The van der Waals surface area contributed by atoms with Crippen LogP contribution < -0.4 is 0 Å². The normalized spacial score (nSPS) is 15.1. The lowest BCUT2D eigenvalue weighted by molar-refractivity contribution is 0.132. The molecule has 0 aliphatic carbocycles. The van der Waals surface area contributed by atoms with Gasteiger partial charge in [0.15, 0.2) is 0 Å². The van der Waals surface area contributed by atoms with Crippen LogP contribution in [0.5, 0.6) is 0 Å². The van der Waals surface area contributed by atoms with E-state index in [-0.39, 0.29) is 0 Å². The summed E-state index contributed by atoms with van der Waals surface area (Å²) in [5.41, 5.74) is -0.0511. The molecule has 70 valence electrons. The fourth-order valence-electron chi connectivity index (χ4n) is 0.687. The molecule has 0 aliphatic heterocycles. The van der Waals surface area contributed by atoms with E-state index < -0.39 is 11.7 Å². The monoisotopic (exact) mass is 170 g/mol. The molecule has 0 aliphatic rings. The molecule has 1 atom stereocenters. The summed E-state index contributed by atoms with van der Waals surface area (Å²) >= 11 is 0. The fraction of sp³-hybridized carbons (Fsp3) is 0.600. The van der Waals surface area contributed by atoms with E-state index in [1.807, 2.05) is 0 Å². The topological polar surface area (TPSA) is 40.5 Å². The van der Waals surface area contributed by atoms with Crippen molar-refractivity contribution in [3.63, 3.8) is 0 Å². The van der Waals surface area contributed by atoms with E-state index in [9.17, 15) is 10.2 Å². The van der Waals surface area contributed by atoms with E-state index in [0.29, 0.717) is 6.42 Å². The van der Waals surface area contributed by atoms with Crippen LogP contribution in [0.1, 0.15) is 27.2 Å². The molecule has 0 spiro atoms. The van der Waals surface area contributed by atoms with Gasteiger partial charge in [0.25, 0.3) is 0 Å². The van der Waals surface area contributed by atoms with Crippen molar-refractivity contribution in [2.75, 3.05) is 0 Å². The highest BCUT2D eigenvalue weighted by molar-refractivity contribution is 5.03. The van der Waals surface area contributed by atoms with Crippen LogP contribution >= 0.6 is 0 Å². The molecule has 0 fully saturated rings. The first-order valence-electron chi connectivity index (χ1n) is 4.06. The van der Waals surface area contributed by atoms with Gasteiger partial charge in [0, 0.05) is 0 Å². The molecule has 0 heterocycles. The zero-order valence-corrected chi connectivity index (χ0v) is 8.04. The highest BCUT2D eigenvalue weighted by Gasteiger charge is 2.06. The number of aliphatic hydroxyl groups excluding tert-OH is 1. The first-order valence-corrected chi connectivity index (χ1v) is 4.06. The Bertz CT molecular complexity index is 175. The highest BCUT2D eigenvalue weighted by Crippen LogP contribution is 2.07. The lowest BCUT2D eigenvalue weighted by atomic mass is 10.1. The maximum absolute atomic E-state index is 9.29. The molecule has 2 N–H and O–H groups in total. The average Bonchev–Trinajstić information content (AvgIpc) is 1.84. The Kier molecular flexibility index (Phi) is 4.21. The maximum Gasteiger partial charge on any atom is 0.0779 e. The molecule has 12 heavy (non-hydrogen) atoms. The average molecular weight is 170 g/mol. The molecule has 2 heteroatoms. The van der Waals surface area contributed by atoms with Crippen molar-refractivity contribution in [3.05, 3.63) is 24.3 Å². The Morgan fingerprint density at radius 3 is 2.42 bits per heavy atom. The zero-order valence-electron chi connectivity index (χ0n) is 8.04. The van der Waals surface area contributed by atoms with Crippen molar-refractivity contribution >= 4 is 0 Å². The largest absolute Gasteiger partial charge is 0.388 e. The second kappa shape index (κ2) is 4.43. The van der Waals surface area contributed by atoms with E-state index in [0.717, 1.165) is 5.57 Å². The Labute approximate surface area is 74.2 Å². The van der Waals surface area contributed by atoms with Crippen LogP contribution in [0.3, 0.4) is 0 Å². The minimum absolute atomic E-state index is 0.497. The summed E-state index contributed by atoms with van der Waals surface area (Å²) in [5, 5.41) is 18.6. The van der Waals surface area contributed by atoms with Gasteiger partial charge in [0.1, 0.15) is 0 Å². The van der Waals surface area contributed by atoms with Gasteiger partial charge in [-0.05, 0) is 27.2 Å². The molecule has 2 nitrogen and oxygen atoms in total. The summed E-state index contributed by atoms with van der Waals surface area (Å²) in [5.74, 6) is 0. The molecule has 0 amide bonds. The SMILES string of the molecule is C=C(C)C(O)CC=CC(C)(C)O. The molecular formula is C10H18O2. The van der Waals surface area contributed by atoms with Crippen LogP contribution in [0.25, 0.3) is 0 Å². The minimum atomic E-state index is -0.797. The number of aliphatic hydroxyl groups is 2. The van der Waals surface area contributed by atoms with Crippen LogP contribution in [-0.2, 0) is 0 Å². The summed E-state index contributed by atoms with van der Waals surface area (Å²) in [6.45, 7) is 8.79. The zero-order chi connectivity index (χ0) is 9.78. The van der Waals surface area contributed by atoms with Crippen molar-refractivity contribution in [2.45, 2.75) is 38.9 Å². The van der Waals surface area contributed by atoms with Gasteiger partial charge in [-0.1, -0.05) is 24.3 Å². The third-order valence-electron chi connectivity index (χ3n) is 1.45. The van der Waals surface area contributed by atoms with Gasteiger partial charge in [0.2, 0.25) is 0 Å². The highest BCUT2D eigenvalue weighted by atomic mass is 16.3. The number of hydrogen-bond donors (Lipinski definition) is 2. The molecule has 0 rings (SSSR count). The Morgan fingerprint density at radius 2 is 2.08 bits per heavy atom. The van der Waals surface area contributed by atoms with E-state index in [2.05, 4.69) is 6.58 Å². The second-order valence-electron chi connectivity index (χ2n) is 3.65. The molecular weight excluding hydrogens is 152 g/mol. The van der Waals surface area contributed by atoms with Gasteiger partial charge >= 0.3 is 0 Å². The Morgan fingerprint density at radius 1 is 1.58 bits per heavy atom. The summed E-state index contributed by atoms with van der Waals surface area (Å²) in [4.78, 5) is 0. The van der Waals surface area contributed by atoms with Crippen molar-refractivity contribution in [2.24, 2.45) is 0 Å². The van der Waals surface area contributed by atoms with Crippen molar-refractivity contribution in [3.8, 4) is 0 Å². The van der Waals surface area contributed by atoms with Crippen molar-refractivity contribution < 1.29 is 10.2 Å². The van der Waals surface area contributed by atoms with Crippen LogP contribution in [0, 0.1) is 0 Å². The molecule has 0 saturated carbocycles. The maximum atomic E-state index is 9.29. The van der Waals surface area contributed by atoms with Crippen LogP contribution in [0.2, 0.25) is 0 Å². The second-order valence-corrected chi connectivity index (χ2v) is 3.65. The van der Waals surface area contributed by atoms with Crippen molar-refractivity contribution in [1.29, 1.82) is 0 Å². The van der Waals surface area contributed by atoms with Crippen LogP contribution in [0.15, 0.2) is 24.3 Å². The first kappa shape index (κ1) is 11.4. The molecule has 0 aromatic rings. The molecule has 0 radical (unpaired) electrons. The third-order valence-corrected chi connectivity index (χ3v) is 1.45. The minimum Gasteiger partial charge on any atom is -0.388 e. The quantitative estimate of drug-likeness (QED) is 0.630. The van der Waals surface area contributed by atoms with Gasteiger partial charge in [-0.3, -0.25) is 0 Å². The number of rotatable bonds is 4. The lowest BCUT2D eigenvalue weighted by Gasteiger charge is -2.11. The van der Waals surface area contributed by atoms with Gasteiger partial charge in [0.05, 0.1) is 11.7 Å². The van der Waals surface area contributed by atoms with Gasteiger partial charge in [-0.25, -0.2) is 0 Å². The first-order chi connectivity index (χ1) is 5.33. The van der Waals surface area contributed by atoms with E-state index >= 15 is 0 Å². The van der Waals surface area contributed by atoms with E-state index in [1.54, 1.807) is 32.9 Å². The molecule has 1 unspecified atom stereocenters. The molecule has 0 aromatic heterocycles. The standard InChI is InChI=1S/C10H18O2/c1-8(2)9(11)6-5-7-10(3,4)12/h5,7,9,11-12H,1,6H2,2-4H3. The Hall–Kier alpha value is -0.600. The van der Waals surface area contributed by atoms with Gasteiger partial charge in [-0.15, -0.1) is 0 Å². The smallest absolute Gasteiger partial charge is 0.0779 e. The molecule has 0 aromatic carbocycles. The van der Waals surface area contributed by atoms with E-state index in [1.165, 1.54) is 0 Å². The summed E-state index contributed by atoms with van der Waals surface area (Å²) in [7, 11) is 0. The van der Waals surface area contributed by atoms with Crippen LogP contribution in [0.4, 0.5) is 0 Å². The molecule has 0 bridgehead atoms. The summed E-state index contributed by atoms with van der Waals surface area (Å²) in [6, 6.07) is 0. The summed E-state index contributed by atoms with van der Waals surface area (Å²) < 4.78 is 0. The molecule has 0 saturated heterocycles. The third kappa shape index (κ3) is 6.13. The van der Waals surface area contributed by atoms with E-state index in [4.69, 9.17) is 0 Å². The number of hydrogen-bond acceptors (Lipinski definition) is 2. The predicted octanol–water partition coefficient (Wildman–Crippen LogP) is 1.64.